The topological polar surface area (TPSA) is 108 Å². The molecule has 0 spiro atoms. The summed E-state index contributed by atoms with van der Waals surface area (Å²) in [5.41, 5.74) is 2.27. The van der Waals surface area contributed by atoms with Crippen molar-refractivity contribution in [1.29, 1.82) is 0 Å². The summed E-state index contributed by atoms with van der Waals surface area (Å²) in [6.45, 7) is 0.308. The Balaban J connectivity index is 1.61. The summed E-state index contributed by atoms with van der Waals surface area (Å²) >= 11 is 0. The number of pyridine rings is 1. The van der Waals surface area contributed by atoms with Gasteiger partial charge in [-0.25, -0.2) is 0 Å². The van der Waals surface area contributed by atoms with Gasteiger partial charge in [-0.2, -0.15) is 0 Å². The van der Waals surface area contributed by atoms with Crippen molar-refractivity contribution < 1.29 is 19.4 Å². The van der Waals surface area contributed by atoms with Gasteiger partial charge in [-0.3, -0.25) is 14.4 Å². The predicted octanol–water partition coefficient (Wildman–Crippen LogP) is 2.75. The smallest absolute Gasteiger partial charge is 0.303 e. The van der Waals surface area contributed by atoms with E-state index < -0.39 is 11.9 Å². The van der Waals surface area contributed by atoms with Gasteiger partial charge in [0, 0.05) is 17.8 Å². The van der Waals surface area contributed by atoms with Gasteiger partial charge in [-0.1, -0.05) is 0 Å². The van der Waals surface area contributed by atoms with E-state index in [2.05, 4.69) is 10.3 Å². The maximum atomic E-state index is 12.5. The Morgan fingerprint density at radius 2 is 1.89 bits per heavy atom. The highest BCUT2D eigenvalue weighted by atomic mass is 16.5. The van der Waals surface area contributed by atoms with Crippen LogP contribution < -0.4 is 15.6 Å². The van der Waals surface area contributed by atoms with Crippen LogP contribution in [0, 0.1) is 0 Å². The molecule has 0 atom stereocenters. The average molecular weight is 370 g/mol. The zero-order valence-electron chi connectivity index (χ0n) is 14.9. The molecule has 0 saturated heterocycles. The van der Waals surface area contributed by atoms with Gasteiger partial charge >= 0.3 is 5.97 Å². The SMILES string of the molecule is O=C(O)CCCOc1ccc(NC(=O)c2cc3c([nH]c2=O)CCCC3)cc1. The number of carbonyl (C=O) groups excluding carboxylic acids is 1. The first-order valence-electron chi connectivity index (χ1n) is 9.04. The van der Waals surface area contributed by atoms with E-state index in [1.165, 1.54) is 0 Å². The van der Waals surface area contributed by atoms with Crippen LogP contribution in [-0.2, 0) is 17.6 Å². The summed E-state index contributed by atoms with van der Waals surface area (Å²) in [6, 6.07) is 8.43. The van der Waals surface area contributed by atoms with Crippen LogP contribution in [-0.4, -0.2) is 28.6 Å². The van der Waals surface area contributed by atoms with E-state index in [1.807, 2.05) is 0 Å². The van der Waals surface area contributed by atoms with Gasteiger partial charge in [0.2, 0.25) is 0 Å². The molecule has 1 aromatic heterocycles. The molecule has 1 aliphatic rings. The number of ether oxygens (including phenoxy) is 1. The number of aryl methyl sites for hydroxylation is 2. The van der Waals surface area contributed by atoms with Crippen LogP contribution in [0.2, 0.25) is 0 Å². The van der Waals surface area contributed by atoms with Crippen molar-refractivity contribution in [1.82, 2.24) is 4.98 Å². The summed E-state index contributed by atoms with van der Waals surface area (Å²) in [6.07, 6.45) is 4.33. The molecular formula is C20H22N2O5. The number of benzene rings is 1. The second-order valence-electron chi connectivity index (χ2n) is 6.55. The number of carboxylic acid groups (broad SMARTS) is 1. The highest BCUT2D eigenvalue weighted by Crippen LogP contribution is 2.20. The first kappa shape index (κ1) is 18.7. The number of hydrogen-bond acceptors (Lipinski definition) is 4. The fraction of sp³-hybridized carbons (Fsp3) is 0.350. The zero-order valence-corrected chi connectivity index (χ0v) is 14.9. The zero-order chi connectivity index (χ0) is 19.2. The number of aromatic nitrogens is 1. The first-order valence-corrected chi connectivity index (χ1v) is 9.04. The van der Waals surface area contributed by atoms with Gasteiger partial charge in [0.25, 0.3) is 11.5 Å². The lowest BCUT2D eigenvalue weighted by Gasteiger charge is -2.16. The van der Waals surface area contributed by atoms with Crippen molar-refractivity contribution in [3.63, 3.8) is 0 Å². The number of nitrogens with one attached hydrogen (secondary N) is 2. The number of carboxylic acids is 1. The molecule has 7 heteroatoms. The number of aliphatic carboxylic acids is 1. The van der Waals surface area contributed by atoms with Gasteiger partial charge in [0.1, 0.15) is 11.3 Å². The lowest BCUT2D eigenvalue weighted by Crippen LogP contribution is -2.26. The molecule has 0 fully saturated rings. The van der Waals surface area contributed by atoms with Crippen LogP contribution >= 0.6 is 0 Å². The number of aromatic amines is 1. The molecule has 1 amide bonds. The molecule has 0 radical (unpaired) electrons. The van der Waals surface area contributed by atoms with E-state index >= 15 is 0 Å². The largest absolute Gasteiger partial charge is 0.494 e. The standard InChI is InChI=1S/C20H22N2O5/c23-18(24)6-3-11-27-15-9-7-14(8-10-15)21-19(25)16-12-13-4-1-2-5-17(13)22-20(16)26/h7-10,12H,1-6,11H2,(H,21,25)(H,22,26)(H,23,24). The second-order valence-corrected chi connectivity index (χ2v) is 6.55. The molecular weight excluding hydrogens is 348 g/mol. The summed E-state index contributed by atoms with van der Waals surface area (Å²) < 4.78 is 5.45. The number of H-pyrrole nitrogens is 1. The monoisotopic (exact) mass is 370 g/mol. The molecule has 1 aromatic carbocycles. The minimum absolute atomic E-state index is 0.0590. The fourth-order valence-electron chi connectivity index (χ4n) is 3.09. The van der Waals surface area contributed by atoms with Crippen LogP contribution in [0.1, 0.15) is 47.3 Å². The Bertz CT molecular complexity index is 886. The molecule has 0 unspecified atom stereocenters. The number of hydrogen-bond donors (Lipinski definition) is 3. The summed E-state index contributed by atoms with van der Waals surface area (Å²) in [4.78, 5) is 37.9. The Hall–Kier alpha value is -3.09. The van der Waals surface area contributed by atoms with Gasteiger partial charge < -0.3 is 20.1 Å². The van der Waals surface area contributed by atoms with E-state index in [0.717, 1.165) is 36.9 Å². The van der Waals surface area contributed by atoms with E-state index in [-0.39, 0.29) is 17.5 Å². The van der Waals surface area contributed by atoms with Crippen LogP contribution in [0.3, 0.4) is 0 Å². The Labute approximate surface area is 156 Å². The lowest BCUT2D eigenvalue weighted by atomic mass is 9.95. The summed E-state index contributed by atoms with van der Waals surface area (Å²) in [7, 11) is 0. The van der Waals surface area contributed by atoms with Gasteiger partial charge in [-0.05, 0) is 68.0 Å². The van der Waals surface area contributed by atoms with E-state index in [9.17, 15) is 14.4 Å². The highest BCUT2D eigenvalue weighted by molar-refractivity contribution is 6.04. The average Bonchev–Trinajstić information content (AvgIpc) is 2.65. The third-order valence-corrected chi connectivity index (χ3v) is 4.50. The van der Waals surface area contributed by atoms with E-state index in [4.69, 9.17) is 9.84 Å². The van der Waals surface area contributed by atoms with Crippen molar-refractivity contribution >= 4 is 17.6 Å². The van der Waals surface area contributed by atoms with Crippen molar-refractivity contribution in [2.45, 2.75) is 38.5 Å². The maximum Gasteiger partial charge on any atom is 0.303 e. The van der Waals surface area contributed by atoms with Crippen molar-refractivity contribution in [2.75, 3.05) is 11.9 Å². The number of rotatable bonds is 7. The van der Waals surface area contributed by atoms with Gasteiger partial charge in [-0.15, -0.1) is 0 Å². The molecule has 0 bridgehead atoms. The predicted molar refractivity (Wildman–Crippen MR) is 100 cm³/mol. The number of carbonyl (C=O) groups is 2. The quantitative estimate of drug-likeness (QED) is 0.650. The minimum atomic E-state index is -0.853. The van der Waals surface area contributed by atoms with Crippen molar-refractivity contribution in [3.05, 3.63) is 57.5 Å². The summed E-state index contributed by atoms with van der Waals surface area (Å²) in [5, 5.41) is 11.3. The van der Waals surface area contributed by atoms with E-state index in [0.29, 0.717) is 24.5 Å². The third-order valence-electron chi connectivity index (χ3n) is 4.50. The first-order chi connectivity index (χ1) is 13.0. The molecule has 1 heterocycles. The number of fused-ring (bicyclic) bond motifs is 1. The van der Waals surface area contributed by atoms with Gasteiger partial charge in [0.15, 0.2) is 0 Å². The molecule has 3 rings (SSSR count). The van der Waals surface area contributed by atoms with Crippen LogP contribution in [0.4, 0.5) is 5.69 Å². The normalized spacial score (nSPS) is 12.9. The maximum absolute atomic E-state index is 12.5. The molecule has 3 N–H and O–H groups in total. The third kappa shape index (κ3) is 4.97. The molecule has 142 valence electrons. The second kappa shape index (κ2) is 8.53. The highest BCUT2D eigenvalue weighted by Gasteiger charge is 2.17. The molecule has 27 heavy (non-hydrogen) atoms. The van der Waals surface area contributed by atoms with Crippen LogP contribution in [0.15, 0.2) is 35.1 Å². The fourth-order valence-corrected chi connectivity index (χ4v) is 3.09. The molecule has 0 saturated carbocycles. The molecule has 2 aromatic rings. The molecule has 1 aliphatic carbocycles. The van der Waals surface area contributed by atoms with Crippen LogP contribution in [0.25, 0.3) is 0 Å². The Morgan fingerprint density at radius 3 is 2.63 bits per heavy atom. The number of anilines is 1. The molecule has 7 nitrogen and oxygen atoms in total. The molecule has 0 aliphatic heterocycles. The summed E-state index contributed by atoms with van der Waals surface area (Å²) in [5.74, 6) is -0.710. The Kier molecular flexibility index (Phi) is 5.90. The Morgan fingerprint density at radius 1 is 1.15 bits per heavy atom. The van der Waals surface area contributed by atoms with Gasteiger partial charge in [0.05, 0.1) is 6.61 Å². The van der Waals surface area contributed by atoms with Crippen molar-refractivity contribution in [3.8, 4) is 5.75 Å². The lowest BCUT2D eigenvalue weighted by molar-refractivity contribution is -0.137. The van der Waals surface area contributed by atoms with Crippen LogP contribution in [0.5, 0.6) is 5.75 Å². The van der Waals surface area contributed by atoms with Crippen molar-refractivity contribution in [2.24, 2.45) is 0 Å². The number of amides is 1. The minimum Gasteiger partial charge on any atom is -0.494 e. The van der Waals surface area contributed by atoms with E-state index in [1.54, 1.807) is 30.3 Å².